The monoisotopic (exact) mass is 152 g/mol. The van der Waals surface area contributed by atoms with E-state index >= 15 is 0 Å². The van der Waals surface area contributed by atoms with Gasteiger partial charge in [-0.3, -0.25) is 0 Å². The van der Waals surface area contributed by atoms with E-state index < -0.39 is 0 Å². The van der Waals surface area contributed by atoms with Gasteiger partial charge < -0.3 is 0 Å². The first-order valence-electron chi connectivity index (χ1n) is 3.54. The number of rotatable bonds is 5. The van der Waals surface area contributed by atoms with Gasteiger partial charge in [-0.15, -0.1) is 19.7 Å². The zero-order valence-electron chi connectivity index (χ0n) is 6.77. The van der Waals surface area contributed by atoms with E-state index in [1.165, 1.54) is 0 Å². The van der Waals surface area contributed by atoms with Crippen molar-refractivity contribution in [2.75, 3.05) is 0 Å². The Morgan fingerprint density at radius 2 is 1.50 bits per heavy atom. The molecule has 0 aromatic heterocycles. The van der Waals surface area contributed by atoms with Crippen LogP contribution in [0.3, 0.4) is 0 Å². The third-order valence-electron chi connectivity index (χ3n) is 1.71. The fourth-order valence-corrected chi connectivity index (χ4v) is 1.49. The van der Waals surface area contributed by atoms with E-state index in [0.717, 1.165) is 23.1 Å². The Morgan fingerprint density at radius 3 is 1.70 bits per heavy atom. The molecule has 0 aliphatic carbocycles. The molecule has 0 saturated heterocycles. The van der Waals surface area contributed by atoms with Gasteiger partial charge in [-0.25, -0.2) is 0 Å². The molecule has 0 radical (unpaired) electrons. The van der Waals surface area contributed by atoms with Crippen molar-refractivity contribution >= 4 is 10.2 Å². The highest BCUT2D eigenvalue weighted by atomic mass is 28.1. The molecule has 0 aliphatic heterocycles. The highest BCUT2D eigenvalue weighted by Gasteiger charge is 2.15. The molecular weight excluding hydrogens is 136 g/mol. The summed E-state index contributed by atoms with van der Waals surface area (Å²) >= 11 is 0. The normalized spacial score (nSPS) is 10.8. The van der Waals surface area contributed by atoms with E-state index in [9.17, 15) is 0 Å². The topological polar surface area (TPSA) is 0 Å². The molecule has 0 fully saturated rings. The summed E-state index contributed by atoms with van der Waals surface area (Å²) < 4.78 is 0. The Bertz CT molecular complexity index is 126. The lowest BCUT2D eigenvalue weighted by atomic mass is 10.0. The standard InChI is InChI=1S/C9H16Si/c1-4-7-9(10,6-3)8-5-2/h4-6H,1-3,7-8H2,10H3. The van der Waals surface area contributed by atoms with Crippen LogP contribution in [-0.4, -0.2) is 10.2 Å². The van der Waals surface area contributed by atoms with Crippen LogP contribution in [0.5, 0.6) is 0 Å². The quantitative estimate of drug-likeness (QED) is 0.416. The third kappa shape index (κ3) is 2.83. The summed E-state index contributed by atoms with van der Waals surface area (Å²) in [5, 5.41) is 0.309. The van der Waals surface area contributed by atoms with Crippen LogP contribution in [0.1, 0.15) is 12.8 Å². The van der Waals surface area contributed by atoms with Crippen molar-refractivity contribution < 1.29 is 0 Å². The van der Waals surface area contributed by atoms with Gasteiger partial charge in [0, 0.05) is 10.2 Å². The first kappa shape index (κ1) is 9.44. The van der Waals surface area contributed by atoms with Crippen molar-refractivity contribution in [1.82, 2.24) is 0 Å². The average Bonchev–Trinajstić information content (AvgIpc) is 1.89. The van der Waals surface area contributed by atoms with Crippen LogP contribution in [0, 0.1) is 0 Å². The molecule has 0 atom stereocenters. The van der Waals surface area contributed by atoms with Crippen molar-refractivity contribution in [3.05, 3.63) is 38.0 Å². The SMILES string of the molecule is C=CCC([SiH3])(C=C)CC=C. The van der Waals surface area contributed by atoms with Crippen molar-refractivity contribution in [2.45, 2.75) is 17.9 Å². The molecule has 0 spiro atoms. The molecule has 1 heteroatoms. The Labute approximate surface area is 66.8 Å². The molecule has 0 rings (SSSR count). The summed E-state index contributed by atoms with van der Waals surface area (Å²) in [5.41, 5.74) is 0. The second-order valence-corrected chi connectivity index (χ2v) is 4.84. The summed E-state index contributed by atoms with van der Waals surface area (Å²) in [6, 6.07) is 0. The van der Waals surface area contributed by atoms with Gasteiger partial charge >= 0.3 is 0 Å². The summed E-state index contributed by atoms with van der Waals surface area (Å²) in [4.78, 5) is 0. The average molecular weight is 152 g/mol. The molecule has 0 heterocycles. The van der Waals surface area contributed by atoms with Gasteiger partial charge in [0.2, 0.25) is 0 Å². The van der Waals surface area contributed by atoms with Crippen molar-refractivity contribution in [3.8, 4) is 0 Å². The van der Waals surface area contributed by atoms with E-state index in [2.05, 4.69) is 19.7 Å². The van der Waals surface area contributed by atoms with Crippen LogP contribution in [0.4, 0.5) is 0 Å². The first-order valence-corrected chi connectivity index (χ1v) is 4.54. The largest absolute Gasteiger partial charge is 0.103 e. The van der Waals surface area contributed by atoms with Crippen molar-refractivity contribution in [3.63, 3.8) is 0 Å². The number of hydrogen-bond donors (Lipinski definition) is 0. The lowest BCUT2D eigenvalue weighted by Gasteiger charge is -2.21. The minimum absolute atomic E-state index is 0.309. The van der Waals surface area contributed by atoms with E-state index in [-0.39, 0.29) is 0 Å². The maximum Gasteiger partial charge on any atom is 0.0162 e. The minimum Gasteiger partial charge on any atom is -0.103 e. The van der Waals surface area contributed by atoms with Gasteiger partial charge in [0.1, 0.15) is 0 Å². The molecule has 0 bridgehead atoms. The minimum atomic E-state index is 0.309. The van der Waals surface area contributed by atoms with Gasteiger partial charge in [0.15, 0.2) is 0 Å². The van der Waals surface area contributed by atoms with Gasteiger partial charge in [-0.05, 0) is 17.9 Å². The van der Waals surface area contributed by atoms with E-state index in [0.29, 0.717) is 5.04 Å². The zero-order chi connectivity index (χ0) is 8.04. The van der Waals surface area contributed by atoms with E-state index in [1.54, 1.807) is 0 Å². The molecule has 0 aliphatic rings. The van der Waals surface area contributed by atoms with Crippen LogP contribution in [0.15, 0.2) is 38.0 Å². The van der Waals surface area contributed by atoms with Gasteiger partial charge in [0.25, 0.3) is 0 Å². The summed E-state index contributed by atoms with van der Waals surface area (Å²) in [6.45, 7) is 11.2. The summed E-state index contributed by atoms with van der Waals surface area (Å²) in [7, 11) is 1.13. The zero-order valence-corrected chi connectivity index (χ0v) is 8.77. The molecule has 0 N–H and O–H groups in total. The Balaban J connectivity index is 4.05. The molecule has 0 saturated carbocycles. The fourth-order valence-electron chi connectivity index (χ4n) is 0.909. The molecular formula is C9H16Si. The second kappa shape index (κ2) is 4.28. The van der Waals surface area contributed by atoms with Gasteiger partial charge in [-0.1, -0.05) is 18.2 Å². The molecule has 0 nitrogen and oxygen atoms in total. The van der Waals surface area contributed by atoms with Crippen LogP contribution in [-0.2, 0) is 0 Å². The van der Waals surface area contributed by atoms with Crippen molar-refractivity contribution in [1.29, 1.82) is 0 Å². The van der Waals surface area contributed by atoms with Crippen LogP contribution < -0.4 is 0 Å². The van der Waals surface area contributed by atoms with E-state index in [1.807, 2.05) is 18.2 Å². The van der Waals surface area contributed by atoms with Crippen molar-refractivity contribution in [2.24, 2.45) is 0 Å². The summed E-state index contributed by atoms with van der Waals surface area (Å²) in [6.07, 6.45) is 8.02. The molecule has 0 aromatic carbocycles. The Kier molecular flexibility index (Phi) is 4.04. The Hall–Kier alpha value is -0.563. The lowest BCUT2D eigenvalue weighted by Crippen LogP contribution is -2.06. The molecule has 10 heavy (non-hydrogen) atoms. The molecule has 0 amide bonds. The van der Waals surface area contributed by atoms with Crippen LogP contribution >= 0.6 is 0 Å². The maximum atomic E-state index is 3.81. The third-order valence-corrected chi connectivity index (χ3v) is 2.94. The lowest BCUT2D eigenvalue weighted by molar-refractivity contribution is 0.706. The maximum absolute atomic E-state index is 3.81. The van der Waals surface area contributed by atoms with Gasteiger partial charge in [0.05, 0.1) is 0 Å². The molecule has 0 unspecified atom stereocenters. The molecule has 0 aromatic rings. The summed E-state index contributed by atoms with van der Waals surface area (Å²) in [5.74, 6) is 0. The predicted octanol–water partition coefficient (Wildman–Crippen LogP) is 1.85. The van der Waals surface area contributed by atoms with Crippen LogP contribution in [0.2, 0.25) is 5.04 Å². The van der Waals surface area contributed by atoms with Gasteiger partial charge in [-0.2, -0.15) is 0 Å². The number of allylic oxidation sites excluding steroid dienone is 3. The Morgan fingerprint density at radius 1 is 1.10 bits per heavy atom. The van der Waals surface area contributed by atoms with E-state index in [4.69, 9.17) is 0 Å². The fraction of sp³-hybridized carbons (Fsp3) is 0.333. The highest BCUT2D eigenvalue weighted by Crippen LogP contribution is 2.32. The first-order chi connectivity index (χ1) is 4.68. The molecule has 56 valence electrons. The smallest absolute Gasteiger partial charge is 0.0162 e. The van der Waals surface area contributed by atoms with Crippen LogP contribution in [0.25, 0.3) is 0 Å². The highest BCUT2D eigenvalue weighted by molar-refractivity contribution is 6.16. The second-order valence-electron chi connectivity index (χ2n) is 2.84. The predicted molar refractivity (Wildman–Crippen MR) is 52.5 cm³/mol. The number of hydrogen-bond acceptors (Lipinski definition) is 0.